The minimum Gasteiger partial charge on any atom is -0.395 e. The molecule has 0 aliphatic rings. The maximum atomic E-state index is 12.4. The molecule has 2 N–H and O–H groups in total. The predicted octanol–water partition coefficient (Wildman–Crippen LogP) is 1.11. The van der Waals surface area contributed by atoms with E-state index in [4.69, 9.17) is 5.11 Å². The second-order valence-electron chi connectivity index (χ2n) is 4.73. The quantitative estimate of drug-likeness (QED) is 0.635. The van der Waals surface area contributed by atoms with Gasteiger partial charge in [0.15, 0.2) is 0 Å². The molecule has 0 saturated heterocycles. The van der Waals surface area contributed by atoms with Crippen molar-refractivity contribution in [3.8, 4) is 0 Å². The number of benzene rings is 1. The largest absolute Gasteiger partial charge is 0.395 e. The molecule has 1 rings (SSSR count). The van der Waals surface area contributed by atoms with Gasteiger partial charge in [-0.3, -0.25) is 0 Å². The molecule has 0 aliphatic carbocycles. The minimum absolute atomic E-state index is 0.0686. The summed E-state index contributed by atoms with van der Waals surface area (Å²) in [6.07, 6.45) is 1.52. The zero-order chi connectivity index (χ0) is 15.7. The van der Waals surface area contributed by atoms with Gasteiger partial charge in [0, 0.05) is 19.6 Å². The molecule has 0 saturated carbocycles. The summed E-state index contributed by atoms with van der Waals surface area (Å²) in [5, 5.41) is 12.2. The molecule has 0 fully saturated rings. The number of nitrogens with zero attached hydrogens (tertiary/aromatic N) is 1. The lowest BCUT2D eigenvalue weighted by molar-refractivity contribution is 0.260. The normalized spacial score (nSPS) is 11.8. The van der Waals surface area contributed by atoms with E-state index < -0.39 is 10.0 Å². The first-order valence-corrected chi connectivity index (χ1v) is 8.62. The van der Waals surface area contributed by atoms with E-state index in [0.717, 1.165) is 24.2 Å². The van der Waals surface area contributed by atoms with Crippen LogP contribution < -0.4 is 5.32 Å². The maximum Gasteiger partial charge on any atom is 0.218 e. The van der Waals surface area contributed by atoms with Crippen LogP contribution in [0.15, 0.2) is 36.9 Å². The molecule has 0 aromatic heterocycles. The molecule has 0 spiro atoms. The summed E-state index contributed by atoms with van der Waals surface area (Å²) in [7, 11) is -3.46. The number of hydrogen-bond acceptors (Lipinski definition) is 4. The Balaban J connectivity index is 2.84. The second-order valence-corrected chi connectivity index (χ2v) is 6.70. The zero-order valence-electron chi connectivity index (χ0n) is 12.5. The molecule has 1 aromatic carbocycles. The van der Waals surface area contributed by atoms with Crippen LogP contribution in [0.1, 0.15) is 18.1 Å². The van der Waals surface area contributed by atoms with Gasteiger partial charge in [0.25, 0.3) is 0 Å². The van der Waals surface area contributed by atoms with Gasteiger partial charge in [0.2, 0.25) is 10.0 Å². The lowest BCUT2D eigenvalue weighted by Gasteiger charge is -2.19. The van der Waals surface area contributed by atoms with E-state index in [2.05, 4.69) is 11.9 Å². The van der Waals surface area contributed by atoms with Crippen molar-refractivity contribution in [3.63, 3.8) is 0 Å². The molecule has 21 heavy (non-hydrogen) atoms. The van der Waals surface area contributed by atoms with Crippen LogP contribution in [-0.4, -0.2) is 44.1 Å². The molecule has 118 valence electrons. The fourth-order valence-corrected chi connectivity index (χ4v) is 3.48. The highest BCUT2D eigenvalue weighted by Gasteiger charge is 2.20. The molecule has 0 aliphatic heterocycles. The molecule has 0 amide bonds. The average molecular weight is 312 g/mol. The molecular formula is C15H24N2O3S. The van der Waals surface area contributed by atoms with Crippen molar-refractivity contribution in [2.45, 2.75) is 19.2 Å². The smallest absolute Gasteiger partial charge is 0.218 e. The lowest BCUT2D eigenvalue weighted by atomic mass is 10.1. The highest BCUT2D eigenvalue weighted by molar-refractivity contribution is 7.88. The van der Waals surface area contributed by atoms with Crippen molar-refractivity contribution < 1.29 is 13.5 Å². The Labute approximate surface area is 127 Å². The van der Waals surface area contributed by atoms with Gasteiger partial charge in [0.05, 0.1) is 12.4 Å². The predicted molar refractivity (Wildman–Crippen MR) is 85.3 cm³/mol. The number of aliphatic hydroxyl groups excluding tert-OH is 1. The monoisotopic (exact) mass is 312 g/mol. The van der Waals surface area contributed by atoms with Crippen molar-refractivity contribution >= 4 is 10.0 Å². The van der Waals surface area contributed by atoms with Crippen molar-refractivity contribution in [3.05, 3.63) is 48.0 Å². The fourth-order valence-electron chi connectivity index (χ4n) is 2.00. The van der Waals surface area contributed by atoms with E-state index in [1.165, 1.54) is 10.4 Å². The third-order valence-electron chi connectivity index (χ3n) is 3.00. The van der Waals surface area contributed by atoms with E-state index in [9.17, 15) is 8.42 Å². The zero-order valence-corrected chi connectivity index (χ0v) is 13.3. The fraction of sp³-hybridized carbons (Fsp3) is 0.467. The van der Waals surface area contributed by atoms with Crippen LogP contribution in [0.5, 0.6) is 0 Å². The molecule has 1 aromatic rings. The van der Waals surface area contributed by atoms with Gasteiger partial charge in [-0.05, 0) is 17.7 Å². The summed E-state index contributed by atoms with van der Waals surface area (Å²) >= 11 is 0. The summed E-state index contributed by atoms with van der Waals surface area (Å²) in [4.78, 5) is 0. The van der Waals surface area contributed by atoms with Crippen LogP contribution in [0.2, 0.25) is 0 Å². The molecule has 5 nitrogen and oxygen atoms in total. The third kappa shape index (κ3) is 5.97. The standard InChI is InChI=1S/C15H24N2O3S/c1-3-8-17(9-10-18)21(19,20)13-15-7-5-6-14(11-15)12-16-4-2/h3,5-7,11,16,18H,1,4,8-10,12-13H2,2H3. The Kier molecular flexibility index (Phi) is 7.60. The minimum atomic E-state index is -3.46. The Hall–Kier alpha value is -1.21. The number of sulfonamides is 1. The summed E-state index contributed by atoms with van der Waals surface area (Å²) in [5.41, 5.74) is 1.80. The highest BCUT2D eigenvalue weighted by atomic mass is 32.2. The molecule has 0 atom stereocenters. The first-order chi connectivity index (χ1) is 10.0. The van der Waals surface area contributed by atoms with Crippen LogP contribution in [0, 0.1) is 0 Å². The molecule has 0 unspecified atom stereocenters. The maximum absolute atomic E-state index is 12.4. The van der Waals surface area contributed by atoms with Gasteiger partial charge in [-0.25, -0.2) is 8.42 Å². The van der Waals surface area contributed by atoms with Gasteiger partial charge >= 0.3 is 0 Å². The number of hydrogen-bond donors (Lipinski definition) is 2. The van der Waals surface area contributed by atoms with E-state index in [1.54, 1.807) is 6.07 Å². The SMILES string of the molecule is C=CCN(CCO)S(=O)(=O)Cc1cccc(CNCC)c1. The molecule has 0 radical (unpaired) electrons. The van der Waals surface area contributed by atoms with E-state index in [-0.39, 0.29) is 25.4 Å². The Morgan fingerprint density at radius 2 is 2.10 bits per heavy atom. The first kappa shape index (κ1) is 17.8. The summed E-state index contributed by atoms with van der Waals surface area (Å²) in [6.45, 7) is 7.26. The lowest BCUT2D eigenvalue weighted by Crippen LogP contribution is -2.34. The van der Waals surface area contributed by atoms with Crippen molar-refractivity contribution in [2.75, 3.05) is 26.2 Å². The van der Waals surface area contributed by atoms with Crippen LogP contribution in [0.4, 0.5) is 0 Å². The van der Waals surface area contributed by atoms with Crippen molar-refractivity contribution in [1.29, 1.82) is 0 Å². The Morgan fingerprint density at radius 1 is 1.38 bits per heavy atom. The molecule has 6 heteroatoms. The van der Waals surface area contributed by atoms with Crippen LogP contribution >= 0.6 is 0 Å². The second kappa shape index (κ2) is 8.94. The molecular weight excluding hydrogens is 288 g/mol. The Bertz CT molecular complexity index is 544. The van der Waals surface area contributed by atoms with E-state index in [0.29, 0.717) is 0 Å². The summed E-state index contributed by atoms with van der Waals surface area (Å²) < 4.78 is 26.0. The number of rotatable bonds is 10. The van der Waals surface area contributed by atoms with Crippen molar-refractivity contribution in [1.82, 2.24) is 9.62 Å². The average Bonchev–Trinajstić information content (AvgIpc) is 2.45. The van der Waals surface area contributed by atoms with Crippen LogP contribution in [0.3, 0.4) is 0 Å². The molecule has 0 bridgehead atoms. The Morgan fingerprint density at radius 3 is 2.71 bits per heavy atom. The van der Waals surface area contributed by atoms with Gasteiger partial charge in [-0.2, -0.15) is 4.31 Å². The van der Waals surface area contributed by atoms with Crippen LogP contribution in [-0.2, 0) is 22.3 Å². The number of nitrogens with one attached hydrogen (secondary N) is 1. The summed E-state index contributed by atoms with van der Waals surface area (Å²) in [5.74, 6) is -0.0686. The third-order valence-corrected chi connectivity index (χ3v) is 4.81. The first-order valence-electron chi connectivity index (χ1n) is 7.01. The van der Waals surface area contributed by atoms with E-state index in [1.807, 2.05) is 25.1 Å². The van der Waals surface area contributed by atoms with Gasteiger partial charge in [0.1, 0.15) is 0 Å². The van der Waals surface area contributed by atoms with Gasteiger partial charge in [-0.1, -0.05) is 37.3 Å². The van der Waals surface area contributed by atoms with Crippen LogP contribution in [0.25, 0.3) is 0 Å². The van der Waals surface area contributed by atoms with Gasteiger partial charge < -0.3 is 10.4 Å². The topological polar surface area (TPSA) is 69.6 Å². The van der Waals surface area contributed by atoms with Gasteiger partial charge in [-0.15, -0.1) is 6.58 Å². The molecule has 0 heterocycles. The number of aliphatic hydroxyl groups is 1. The van der Waals surface area contributed by atoms with Crippen molar-refractivity contribution in [2.24, 2.45) is 0 Å². The van der Waals surface area contributed by atoms with E-state index >= 15 is 0 Å². The highest BCUT2D eigenvalue weighted by Crippen LogP contribution is 2.13. The summed E-state index contributed by atoms with van der Waals surface area (Å²) in [6, 6.07) is 7.53.